The highest BCUT2D eigenvalue weighted by Crippen LogP contribution is 2.29. The topological polar surface area (TPSA) is 141 Å². The van der Waals surface area contributed by atoms with Crippen molar-refractivity contribution in [1.29, 1.82) is 0 Å². The Labute approximate surface area is 141 Å². The van der Waals surface area contributed by atoms with Gasteiger partial charge in [-0.25, -0.2) is 22.7 Å². The van der Waals surface area contributed by atoms with Crippen LogP contribution in [0.15, 0.2) is 34.0 Å². The number of nitrogen functional groups attached to an aromatic ring is 1. The maximum absolute atomic E-state index is 12.4. The van der Waals surface area contributed by atoms with Crippen molar-refractivity contribution in [3.05, 3.63) is 39.5 Å². The first-order chi connectivity index (χ1) is 11.4. The Hall–Kier alpha value is -2.81. The molecule has 0 aliphatic carbocycles. The molecule has 0 saturated heterocycles. The van der Waals surface area contributed by atoms with Crippen molar-refractivity contribution in [1.82, 2.24) is 19.2 Å². The van der Waals surface area contributed by atoms with Crippen LogP contribution in [0.3, 0.4) is 0 Å². The number of alkyl halides is 3. The van der Waals surface area contributed by atoms with Gasteiger partial charge < -0.3 is 10.6 Å². The summed E-state index contributed by atoms with van der Waals surface area (Å²) < 4.78 is 66.5. The fourth-order valence-corrected chi connectivity index (χ4v) is 2.86. The number of sulfonamides is 1. The molecule has 0 fully saturated rings. The van der Waals surface area contributed by atoms with Crippen LogP contribution in [-0.4, -0.2) is 35.3 Å². The molecule has 4 N–H and O–H groups in total. The summed E-state index contributed by atoms with van der Waals surface area (Å²) in [6, 6.07) is 2.18. The largest absolute Gasteiger partial charge is 0.573 e. The molecule has 15 heteroatoms. The predicted molar refractivity (Wildman–Crippen MR) is 78.3 cm³/mol. The van der Waals surface area contributed by atoms with Gasteiger partial charge in [0.25, 0.3) is 10.0 Å². The Morgan fingerprint density at radius 2 is 1.92 bits per heavy atom. The zero-order valence-corrected chi connectivity index (χ0v) is 13.4. The van der Waals surface area contributed by atoms with E-state index >= 15 is 0 Å². The van der Waals surface area contributed by atoms with Gasteiger partial charge in [-0.1, -0.05) is 12.1 Å². The zero-order valence-electron chi connectivity index (χ0n) is 11.8. The standard InChI is InChI=1S/C10H8F3N5O5S2/c11-10(12,13)23-5-3-1-2-4-6(5)25(21,22)16-7(19)18-9(20)17(14)8(24)15-18/h1-4H,14H2,(H,15,24)(H,16,19). The number of halogens is 3. The number of hydrogen-bond donors (Lipinski definition) is 3. The Balaban J connectivity index is 2.40. The van der Waals surface area contributed by atoms with Crippen LogP contribution in [-0.2, 0) is 10.0 Å². The fourth-order valence-electron chi connectivity index (χ4n) is 1.63. The molecule has 0 spiro atoms. The van der Waals surface area contributed by atoms with Gasteiger partial charge in [0.2, 0.25) is 4.77 Å². The maximum Gasteiger partial charge on any atom is 0.573 e. The second kappa shape index (κ2) is 6.25. The van der Waals surface area contributed by atoms with Gasteiger partial charge in [0, 0.05) is 0 Å². The highest BCUT2D eigenvalue weighted by molar-refractivity contribution is 7.90. The van der Waals surface area contributed by atoms with Gasteiger partial charge in [0.1, 0.15) is 10.6 Å². The van der Waals surface area contributed by atoms with Gasteiger partial charge in [-0.3, -0.25) is 5.10 Å². The number of hydrogen-bond acceptors (Lipinski definition) is 7. The summed E-state index contributed by atoms with van der Waals surface area (Å²) in [5.41, 5.74) is -1.20. The minimum absolute atomic E-state index is 0.132. The highest BCUT2D eigenvalue weighted by atomic mass is 32.2. The number of benzene rings is 1. The molecule has 0 unspecified atom stereocenters. The molecular formula is C10H8F3N5O5S2. The van der Waals surface area contributed by atoms with Crippen LogP contribution in [0.25, 0.3) is 0 Å². The molecule has 1 aromatic heterocycles. The molecule has 1 aromatic carbocycles. The number of H-pyrrole nitrogens is 1. The average Bonchev–Trinajstić information content (AvgIpc) is 2.73. The molecule has 10 nitrogen and oxygen atoms in total. The van der Waals surface area contributed by atoms with Crippen molar-refractivity contribution in [3.63, 3.8) is 0 Å². The molecule has 0 saturated carbocycles. The summed E-state index contributed by atoms with van der Waals surface area (Å²) in [6.07, 6.45) is -5.16. The number of aromatic nitrogens is 3. The average molecular weight is 399 g/mol. The number of ether oxygens (including phenoxy) is 1. The Morgan fingerprint density at radius 3 is 2.44 bits per heavy atom. The van der Waals surface area contributed by atoms with E-state index in [2.05, 4.69) is 17.0 Å². The number of rotatable bonds is 3. The third kappa shape index (κ3) is 4.00. The van der Waals surface area contributed by atoms with Gasteiger partial charge in [-0.15, -0.1) is 17.9 Å². The normalized spacial score (nSPS) is 12.0. The van der Waals surface area contributed by atoms with E-state index in [1.165, 1.54) is 4.72 Å². The van der Waals surface area contributed by atoms with Gasteiger partial charge in [-0.05, 0) is 24.4 Å². The van der Waals surface area contributed by atoms with E-state index in [1.54, 1.807) is 0 Å². The Morgan fingerprint density at radius 1 is 1.32 bits per heavy atom. The zero-order chi connectivity index (χ0) is 19.0. The first-order valence-corrected chi connectivity index (χ1v) is 7.92. The lowest BCUT2D eigenvalue weighted by atomic mass is 10.3. The van der Waals surface area contributed by atoms with E-state index in [9.17, 15) is 31.2 Å². The number of nitrogens with zero attached hydrogens (tertiary/aromatic N) is 2. The second-order valence-electron chi connectivity index (χ2n) is 4.31. The first-order valence-electron chi connectivity index (χ1n) is 6.03. The van der Waals surface area contributed by atoms with E-state index in [0.717, 1.165) is 24.3 Å². The van der Waals surface area contributed by atoms with Crippen molar-refractivity contribution in [2.45, 2.75) is 11.3 Å². The molecule has 25 heavy (non-hydrogen) atoms. The molecule has 136 valence electrons. The van der Waals surface area contributed by atoms with Crippen LogP contribution in [0.2, 0.25) is 0 Å². The highest BCUT2D eigenvalue weighted by Gasteiger charge is 2.34. The predicted octanol–water partition coefficient (Wildman–Crippen LogP) is 0.266. The third-order valence-corrected chi connectivity index (χ3v) is 4.26. The number of carbonyl (C=O) groups is 1. The molecule has 0 aliphatic rings. The second-order valence-corrected chi connectivity index (χ2v) is 6.35. The summed E-state index contributed by atoms with van der Waals surface area (Å²) in [6.45, 7) is 0. The van der Waals surface area contributed by atoms with Gasteiger partial charge in [0.05, 0.1) is 0 Å². The molecule has 2 rings (SSSR count). The van der Waals surface area contributed by atoms with Gasteiger partial charge >= 0.3 is 18.1 Å². The van der Waals surface area contributed by atoms with Crippen molar-refractivity contribution >= 4 is 28.3 Å². The van der Waals surface area contributed by atoms with Crippen molar-refractivity contribution in [3.8, 4) is 5.75 Å². The molecule has 0 atom stereocenters. The summed E-state index contributed by atoms with van der Waals surface area (Å²) in [5, 5.41) is 2.01. The van der Waals surface area contributed by atoms with E-state index < -0.39 is 43.5 Å². The van der Waals surface area contributed by atoms with E-state index in [0.29, 0.717) is 4.68 Å². The lowest BCUT2D eigenvalue weighted by Crippen LogP contribution is -2.41. The van der Waals surface area contributed by atoms with Crippen molar-refractivity contribution in [2.75, 3.05) is 5.84 Å². The number of aromatic amines is 1. The van der Waals surface area contributed by atoms with Crippen LogP contribution in [0.5, 0.6) is 5.75 Å². The molecular weight excluding hydrogens is 391 g/mol. The lowest BCUT2D eigenvalue weighted by Gasteiger charge is -2.13. The van der Waals surface area contributed by atoms with Crippen LogP contribution in [0.4, 0.5) is 18.0 Å². The number of amides is 1. The molecule has 0 radical (unpaired) electrons. The number of carbonyl (C=O) groups excluding carboxylic acids is 1. The van der Waals surface area contributed by atoms with Gasteiger partial charge in [-0.2, -0.15) is 4.68 Å². The SMILES string of the molecule is Nn1c(=S)[nH]n(C(=O)NS(=O)(=O)c2ccccc2OC(F)(F)F)c1=O. The quantitative estimate of drug-likeness (QED) is 0.497. The molecule has 1 amide bonds. The first kappa shape index (κ1) is 18.5. The van der Waals surface area contributed by atoms with Crippen molar-refractivity contribution in [2.24, 2.45) is 0 Å². The minimum atomic E-state index is -5.16. The fraction of sp³-hybridized carbons (Fsp3) is 0.100. The van der Waals surface area contributed by atoms with E-state index in [1.807, 2.05) is 5.10 Å². The van der Waals surface area contributed by atoms with E-state index in [4.69, 9.17) is 5.84 Å². The van der Waals surface area contributed by atoms with Crippen LogP contribution < -0.4 is 21.0 Å². The summed E-state index contributed by atoms with van der Waals surface area (Å²) in [4.78, 5) is 22.5. The molecule has 1 heterocycles. The van der Waals surface area contributed by atoms with Crippen LogP contribution in [0.1, 0.15) is 0 Å². The Bertz CT molecular complexity index is 1040. The number of para-hydroxylation sites is 1. The minimum Gasteiger partial charge on any atom is -0.404 e. The molecule has 2 aromatic rings. The number of nitrogens with one attached hydrogen (secondary N) is 2. The van der Waals surface area contributed by atoms with E-state index in [-0.39, 0.29) is 4.68 Å². The summed E-state index contributed by atoms with van der Waals surface area (Å²) in [7, 11) is -4.82. The number of nitrogens with two attached hydrogens (primary N) is 1. The van der Waals surface area contributed by atoms with Crippen LogP contribution in [0, 0.1) is 4.77 Å². The smallest absolute Gasteiger partial charge is 0.404 e. The third-order valence-electron chi connectivity index (χ3n) is 2.61. The monoisotopic (exact) mass is 399 g/mol. The molecule has 0 bridgehead atoms. The molecule has 0 aliphatic heterocycles. The summed E-state index contributed by atoms with van der Waals surface area (Å²) in [5.74, 6) is 4.12. The van der Waals surface area contributed by atoms with Crippen LogP contribution >= 0.6 is 12.2 Å². The maximum atomic E-state index is 12.4. The van der Waals surface area contributed by atoms with Gasteiger partial charge in [0.15, 0.2) is 0 Å². The van der Waals surface area contributed by atoms with Crippen molar-refractivity contribution < 1.29 is 31.1 Å². The summed E-state index contributed by atoms with van der Waals surface area (Å²) >= 11 is 4.58. The lowest BCUT2D eigenvalue weighted by molar-refractivity contribution is -0.275. The Kier molecular flexibility index (Phi) is 4.63.